The van der Waals surface area contributed by atoms with Gasteiger partial charge in [0.1, 0.15) is 29.6 Å². The van der Waals surface area contributed by atoms with E-state index >= 15 is 0 Å². The second kappa shape index (κ2) is 12.1. The third-order valence-electron chi connectivity index (χ3n) is 6.01. The smallest absolute Gasteiger partial charge is 0.180 e. The summed E-state index contributed by atoms with van der Waals surface area (Å²) in [6.45, 7) is 1.95. The molecule has 8 nitrogen and oxygen atoms in total. The minimum atomic E-state index is 0.224. The summed E-state index contributed by atoms with van der Waals surface area (Å²) in [6.07, 6.45) is 5.36. The van der Waals surface area contributed by atoms with E-state index in [9.17, 15) is 5.11 Å². The first-order chi connectivity index (χ1) is 19.0. The number of rotatable bonds is 10. The molecule has 0 spiro atoms. The van der Waals surface area contributed by atoms with Crippen molar-refractivity contribution in [2.24, 2.45) is 0 Å². The molecule has 3 aromatic heterocycles. The Bertz CT molecular complexity index is 1540. The maximum atomic E-state index is 9.82. The fourth-order valence-corrected chi connectivity index (χ4v) is 4.00. The summed E-state index contributed by atoms with van der Waals surface area (Å²) in [4.78, 5) is 20.6. The van der Waals surface area contributed by atoms with Crippen LogP contribution in [-0.4, -0.2) is 57.2 Å². The van der Waals surface area contributed by atoms with E-state index in [2.05, 4.69) is 26.3 Å². The minimum Gasteiger partial charge on any atom is -0.508 e. The number of benzene rings is 2. The summed E-state index contributed by atoms with van der Waals surface area (Å²) >= 11 is 0. The molecule has 5 rings (SSSR count). The van der Waals surface area contributed by atoms with Crippen LogP contribution in [0, 0.1) is 0 Å². The van der Waals surface area contributed by atoms with E-state index in [1.165, 1.54) is 0 Å². The van der Waals surface area contributed by atoms with Crippen molar-refractivity contribution in [1.82, 2.24) is 24.8 Å². The van der Waals surface area contributed by atoms with Crippen molar-refractivity contribution in [3.63, 3.8) is 0 Å². The Kier molecular flexibility index (Phi) is 8.04. The van der Waals surface area contributed by atoms with E-state index in [1.54, 1.807) is 24.5 Å². The lowest BCUT2D eigenvalue weighted by atomic mass is 10.0. The third-order valence-corrected chi connectivity index (χ3v) is 6.01. The monoisotopic (exact) mass is 518 g/mol. The van der Waals surface area contributed by atoms with Crippen LogP contribution in [0.1, 0.15) is 5.56 Å². The van der Waals surface area contributed by atoms with Crippen molar-refractivity contribution >= 4 is 5.82 Å². The van der Waals surface area contributed by atoms with E-state index in [4.69, 9.17) is 14.7 Å². The SMILES string of the molecule is CN(C)CCOc1cccc(-c2cncc(-c3cc(NCc4cccc(O)c4)nc(-c4ccccn4)n3)c2)c1. The number of hydrogen-bond donors (Lipinski definition) is 2. The molecular formula is C31H30N6O2. The summed E-state index contributed by atoms with van der Waals surface area (Å²) in [5, 5.41) is 13.2. The maximum absolute atomic E-state index is 9.82. The molecule has 0 radical (unpaired) electrons. The van der Waals surface area contributed by atoms with Gasteiger partial charge >= 0.3 is 0 Å². The van der Waals surface area contributed by atoms with Crippen LogP contribution in [0.25, 0.3) is 33.9 Å². The van der Waals surface area contributed by atoms with Crippen LogP contribution in [0.4, 0.5) is 5.82 Å². The number of nitrogens with zero attached hydrogens (tertiary/aromatic N) is 5. The van der Waals surface area contributed by atoms with E-state index in [0.717, 1.165) is 40.2 Å². The molecule has 3 heterocycles. The number of aromatic nitrogens is 4. The molecule has 2 N–H and O–H groups in total. The zero-order valence-electron chi connectivity index (χ0n) is 22.0. The maximum Gasteiger partial charge on any atom is 0.180 e. The molecule has 2 aromatic carbocycles. The molecule has 0 saturated carbocycles. The lowest BCUT2D eigenvalue weighted by Gasteiger charge is -2.12. The van der Waals surface area contributed by atoms with Crippen LogP contribution in [0.5, 0.6) is 11.5 Å². The molecule has 0 aliphatic carbocycles. The zero-order valence-corrected chi connectivity index (χ0v) is 22.0. The Morgan fingerprint density at radius 1 is 0.821 bits per heavy atom. The molecular weight excluding hydrogens is 488 g/mol. The van der Waals surface area contributed by atoms with Crippen LogP contribution < -0.4 is 10.1 Å². The van der Waals surface area contributed by atoms with Gasteiger partial charge in [0.25, 0.3) is 0 Å². The molecule has 0 saturated heterocycles. The second-order valence-corrected chi connectivity index (χ2v) is 9.34. The van der Waals surface area contributed by atoms with Gasteiger partial charge in [0.15, 0.2) is 5.82 Å². The normalized spacial score (nSPS) is 10.9. The summed E-state index contributed by atoms with van der Waals surface area (Å²) in [5.41, 5.74) is 5.14. The fraction of sp³-hybridized carbons (Fsp3) is 0.161. The number of nitrogens with one attached hydrogen (secondary N) is 1. The number of likely N-dealkylation sites (N-methyl/N-ethyl adjacent to an activating group) is 1. The molecule has 0 unspecified atom stereocenters. The van der Waals surface area contributed by atoms with Gasteiger partial charge < -0.3 is 20.1 Å². The number of aromatic hydroxyl groups is 1. The Hall–Kier alpha value is -4.82. The minimum absolute atomic E-state index is 0.224. The van der Waals surface area contributed by atoms with Gasteiger partial charge in [-0.15, -0.1) is 0 Å². The quantitative estimate of drug-likeness (QED) is 0.249. The first-order valence-corrected chi connectivity index (χ1v) is 12.7. The van der Waals surface area contributed by atoms with Gasteiger partial charge in [-0.1, -0.05) is 30.3 Å². The number of pyridine rings is 2. The molecule has 0 aliphatic rings. The van der Waals surface area contributed by atoms with Gasteiger partial charge in [-0.25, -0.2) is 9.97 Å². The molecule has 0 bridgehead atoms. The Balaban J connectivity index is 1.45. The number of ether oxygens (including phenoxy) is 1. The first-order valence-electron chi connectivity index (χ1n) is 12.7. The van der Waals surface area contributed by atoms with Gasteiger partial charge in [-0.05, 0) is 67.7 Å². The highest BCUT2D eigenvalue weighted by atomic mass is 16.5. The van der Waals surface area contributed by atoms with Crippen LogP contribution in [0.15, 0.2) is 97.5 Å². The number of phenolic OH excluding ortho intramolecular Hbond substituents is 1. The lowest BCUT2D eigenvalue weighted by Crippen LogP contribution is -2.19. The summed E-state index contributed by atoms with van der Waals surface area (Å²) in [6, 6.07) is 24.8. The number of anilines is 1. The highest BCUT2D eigenvalue weighted by molar-refractivity contribution is 5.73. The Morgan fingerprint density at radius 3 is 2.51 bits per heavy atom. The third kappa shape index (κ3) is 6.94. The van der Waals surface area contributed by atoms with Crippen molar-refractivity contribution < 1.29 is 9.84 Å². The van der Waals surface area contributed by atoms with Gasteiger partial charge in [0.2, 0.25) is 0 Å². The topological polar surface area (TPSA) is 96.3 Å². The predicted molar refractivity (Wildman–Crippen MR) is 153 cm³/mol. The van der Waals surface area contributed by atoms with E-state index < -0.39 is 0 Å². The molecule has 5 aromatic rings. The van der Waals surface area contributed by atoms with Gasteiger partial charge in [-0.3, -0.25) is 9.97 Å². The first kappa shape index (κ1) is 25.8. The van der Waals surface area contributed by atoms with Crippen molar-refractivity contribution in [2.75, 3.05) is 32.6 Å². The summed E-state index contributed by atoms with van der Waals surface area (Å²) in [5.74, 6) is 2.19. The molecule has 0 fully saturated rings. The standard InChI is InChI=1S/C31H30N6O2/c1-37(2)13-14-39-27-10-6-8-23(17-27)24-16-25(21-32-20-24)29-18-30(34-19-22-7-5-9-26(38)15-22)36-31(35-29)28-11-3-4-12-33-28/h3-12,15-18,20-21,38H,13-14,19H2,1-2H3,(H,34,35,36). The molecule has 8 heteroatoms. The average molecular weight is 519 g/mol. The molecule has 0 atom stereocenters. The van der Waals surface area contributed by atoms with Crippen LogP contribution in [0.2, 0.25) is 0 Å². The van der Waals surface area contributed by atoms with Crippen molar-refractivity contribution in [2.45, 2.75) is 6.54 Å². The van der Waals surface area contributed by atoms with Crippen molar-refractivity contribution in [3.8, 4) is 45.4 Å². The fourth-order valence-electron chi connectivity index (χ4n) is 4.00. The zero-order chi connectivity index (χ0) is 27.0. The van der Waals surface area contributed by atoms with Gasteiger partial charge in [0.05, 0.1) is 5.69 Å². The second-order valence-electron chi connectivity index (χ2n) is 9.34. The van der Waals surface area contributed by atoms with E-state index in [0.29, 0.717) is 30.5 Å². The Morgan fingerprint density at radius 2 is 1.69 bits per heavy atom. The molecule has 196 valence electrons. The summed E-state index contributed by atoms with van der Waals surface area (Å²) in [7, 11) is 4.05. The number of phenols is 1. The highest BCUT2D eigenvalue weighted by Gasteiger charge is 2.12. The van der Waals surface area contributed by atoms with Crippen molar-refractivity contribution in [3.05, 3.63) is 103 Å². The average Bonchev–Trinajstić information content (AvgIpc) is 2.96. The van der Waals surface area contributed by atoms with E-state index in [1.807, 2.05) is 81.0 Å². The molecule has 39 heavy (non-hydrogen) atoms. The van der Waals surface area contributed by atoms with Gasteiger partial charge in [-0.2, -0.15) is 0 Å². The highest BCUT2D eigenvalue weighted by Crippen LogP contribution is 2.29. The summed E-state index contributed by atoms with van der Waals surface area (Å²) < 4.78 is 5.93. The predicted octanol–water partition coefficient (Wildman–Crippen LogP) is 5.53. The van der Waals surface area contributed by atoms with E-state index in [-0.39, 0.29) is 5.75 Å². The largest absolute Gasteiger partial charge is 0.508 e. The van der Waals surface area contributed by atoms with Crippen LogP contribution >= 0.6 is 0 Å². The number of hydrogen-bond acceptors (Lipinski definition) is 8. The molecule has 0 amide bonds. The van der Waals surface area contributed by atoms with Crippen LogP contribution in [0.3, 0.4) is 0 Å². The van der Waals surface area contributed by atoms with Crippen LogP contribution in [-0.2, 0) is 6.54 Å². The van der Waals surface area contributed by atoms with Gasteiger partial charge in [0, 0.05) is 48.9 Å². The van der Waals surface area contributed by atoms with Crippen molar-refractivity contribution in [1.29, 1.82) is 0 Å². The lowest BCUT2D eigenvalue weighted by molar-refractivity contribution is 0.261. The Labute approximate surface area is 228 Å². The molecule has 0 aliphatic heterocycles.